The van der Waals surface area contributed by atoms with Crippen LogP contribution in [-0.2, 0) is 4.79 Å². The maximum absolute atomic E-state index is 13.7. The number of rotatable bonds is 4. The minimum Gasteiger partial charge on any atom is -0.382 e. The van der Waals surface area contributed by atoms with Gasteiger partial charge >= 0.3 is 0 Å². The molecule has 6 heteroatoms. The Balaban J connectivity index is 1.84. The molecule has 1 amide bonds. The summed E-state index contributed by atoms with van der Waals surface area (Å²) in [6, 6.07) is 11.7. The molecule has 130 valence electrons. The van der Waals surface area contributed by atoms with E-state index in [1.54, 1.807) is 30.6 Å². The molecule has 1 aromatic carbocycles. The van der Waals surface area contributed by atoms with Crippen molar-refractivity contribution in [3.63, 3.8) is 0 Å². The summed E-state index contributed by atoms with van der Waals surface area (Å²) in [5, 5.41) is 2.86. The molecule has 0 bridgehead atoms. The molecule has 0 saturated heterocycles. The van der Waals surface area contributed by atoms with Crippen molar-refractivity contribution in [2.24, 2.45) is 5.92 Å². The van der Waals surface area contributed by atoms with Gasteiger partial charge in [0.1, 0.15) is 11.6 Å². The van der Waals surface area contributed by atoms with E-state index in [2.05, 4.69) is 15.3 Å². The maximum Gasteiger partial charge on any atom is 0.227 e. The number of hydrogen-bond acceptors (Lipinski definition) is 4. The number of hydrogen-bond donors (Lipinski definition) is 2. The van der Waals surface area contributed by atoms with Gasteiger partial charge in [0.05, 0.1) is 11.4 Å². The zero-order valence-electron chi connectivity index (χ0n) is 13.9. The van der Waals surface area contributed by atoms with Crippen molar-refractivity contribution in [2.45, 2.75) is 12.8 Å². The van der Waals surface area contributed by atoms with Crippen LogP contribution in [-0.4, -0.2) is 15.9 Å². The first kappa shape index (κ1) is 16.2. The van der Waals surface area contributed by atoms with Gasteiger partial charge in [-0.25, -0.2) is 9.37 Å². The molecule has 1 aliphatic rings. The quantitative estimate of drug-likeness (QED) is 0.750. The van der Waals surface area contributed by atoms with Crippen LogP contribution in [0.25, 0.3) is 22.4 Å². The second-order valence-electron chi connectivity index (χ2n) is 6.33. The predicted molar refractivity (Wildman–Crippen MR) is 98.6 cm³/mol. The van der Waals surface area contributed by atoms with E-state index < -0.39 is 0 Å². The van der Waals surface area contributed by atoms with E-state index in [9.17, 15) is 9.18 Å². The van der Waals surface area contributed by atoms with Gasteiger partial charge in [0, 0.05) is 29.4 Å². The van der Waals surface area contributed by atoms with Crippen LogP contribution >= 0.6 is 0 Å². The summed E-state index contributed by atoms with van der Waals surface area (Å²) in [4.78, 5) is 20.6. The second kappa shape index (κ2) is 6.55. The summed E-state index contributed by atoms with van der Waals surface area (Å²) in [5.41, 5.74) is 9.32. The van der Waals surface area contributed by atoms with Gasteiger partial charge in [-0.3, -0.25) is 9.78 Å². The Hall–Kier alpha value is -3.28. The van der Waals surface area contributed by atoms with Crippen molar-refractivity contribution >= 4 is 17.4 Å². The Labute approximate surface area is 150 Å². The smallest absolute Gasteiger partial charge is 0.227 e. The van der Waals surface area contributed by atoms with Crippen molar-refractivity contribution < 1.29 is 9.18 Å². The summed E-state index contributed by atoms with van der Waals surface area (Å²) < 4.78 is 13.7. The van der Waals surface area contributed by atoms with Gasteiger partial charge in [-0.15, -0.1) is 0 Å². The van der Waals surface area contributed by atoms with Gasteiger partial charge < -0.3 is 11.1 Å². The molecule has 5 nitrogen and oxygen atoms in total. The molecule has 4 rings (SSSR count). The van der Waals surface area contributed by atoms with Gasteiger partial charge in [-0.05, 0) is 48.7 Å². The Bertz CT molecular complexity index is 971. The topological polar surface area (TPSA) is 80.9 Å². The standard InChI is InChI=1S/C20H17FN4O/c21-15-3-1-2-14(10-15)18-16(12-6-8-23-9-7-12)11-17(19(22)25-18)24-20(26)13-4-5-13/h1-3,6-11,13H,4-5H2,(H2,22,25)(H,24,26). The van der Waals surface area contributed by atoms with Crippen LogP contribution in [0.1, 0.15) is 12.8 Å². The summed E-state index contributed by atoms with van der Waals surface area (Å²) >= 11 is 0. The molecule has 1 saturated carbocycles. The van der Waals surface area contributed by atoms with Crippen LogP contribution < -0.4 is 11.1 Å². The monoisotopic (exact) mass is 348 g/mol. The average Bonchev–Trinajstić information content (AvgIpc) is 3.49. The van der Waals surface area contributed by atoms with Crippen molar-refractivity contribution in [1.29, 1.82) is 0 Å². The molecule has 0 spiro atoms. The number of pyridine rings is 2. The van der Waals surface area contributed by atoms with Gasteiger partial charge in [0.2, 0.25) is 5.91 Å². The van der Waals surface area contributed by atoms with Crippen molar-refractivity contribution in [3.05, 3.63) is 60.7 Å². The van der Waals surface area contributed by atoms with Crippen LogP contribution in [0.3, 0.4) is 0 Å². The predicted octanol–water partition coefficient (Wildman–Crippen LogP) is 3.88. The minimum atomic E-state index is -0.352. The van der Waals surface area contributed by atoms with E-state index in [-0.39, 0.29) is 23.5 Å². The third-order valence-corrected chi connectivity index (χ3v) is 4.35. The number of carbonyl (C=O) groups is 1. The lowest BCUT2D eigenvalue weighted by Gasteiger charge is -2.15. The first-order valence-corrected chi connectivity index (χ1v) is 8.39. The SMILES string of the molecule is Nc1nc(-c2cccc(F)c2)c(-c2ccncc2)cc1NC(=O)C1CC1. The van der Waals surface area contributed by atoms with Crippen LogP contribution in [0.2, 0.25) is 0 Å². The van der Waals surface area contributed by atoms with Gasteiger partial charge in [0.25, 0.3) is 0 Å². The van der Waals surface area contributed by atoms with Gasteiger partial charge in [-0.1, -0.05) is 12.1 Å². The first-order chi connectivity index (χ1) is 12.6. The lowest BCUT2D eigenvalue weighted by Crippen LogP contribution is -2.15. The summed E-state index contributed by atoms with van der Waals surface area (Å²) in [7, 11) is 0. The molecular formula is C20H17FN4O. The summed E-state index contributed by atoms with van der Waals surface area (Å²) in [6.45, 7) is 0. The minimum absolute atomic E-state index is 0.0438. The normalized spacial score (nSPS) is 13.4. The molecule has 0 aliphatic heterocycles. The van der Waals surface area contributed by atoms with E-state index >= 15 is 0 Å². The number of carbonyl (C=O) groups excluding carboxylic acids is 1. The molecule has 1 aliphatic carbocycles. The zero-order valence-corrected chi connectivity index (χ0v) is 13.9. The van der Waals surface area contributed by atoms with Crippen molar-refractivity contribution in [3.8, 4) is 22.4 Å². The Morgan fingerprint density at radius 1 is 1.12 bits per heavy atom. The van der Waals surface area contributed by atoms with E-state index in [4.69, 9.17) is 5.73 Å². The lowest BCUT2D eigenvalue weighted by molar-refractivity contribution is -0.117. The zero-order chi connectivity index (χ0) is 18.1. The number of aromatic nitrogens is 2. The molecule has 1 fully saturated rings. The van der Waals surface area contributed by atoms with Crippen LogP contribution in [0, 0.1) is 11.7 Å². The third-order valence-electron chi connectivity index (χ3n) is 4.35. The molecular weight excluding hydrogens is 331 g/mol. The number of nitrogens with two attached hydrogens (primary N) is 1. The highest BCUT2D eigenvalue weighted by atomic mass is 19.1. The molecule has 2 heterocycles. The third kappa shape index (κ3) is 3.26. The Morgan fingerprint density at radius 2 is 1.88 bits per heavy atom. The first-order valence-electron chi connectivity index (χ1n) is 8.39. The van der Waals surface area contributed by atoms with Crippen molar-refractivity contribution in [2.75, 3.05) is 11.1 Å². The molecule has 3 aromatic rings. The molecule has 26 heavy (non-hydrogen) atoms. The molecule has 0 atom stereocenters. The highest BCUT2D eigenvalue weighted by Gasteiger charge is 2.30. The van der Waals surface area contributed by atoms with E-state index in [1.165, 1.54) is 12.1 Å². The lowest BCUT2D eigenvalue weighted by atomic mass is 9.99. The number of nitrogen functional groups attached to an aromatic ring is 1. The molecule has 2 aromatic heterocycles. The average molecular weight is 348 g/mol. The molecule has 3 N–H and O–H groups in total. The molecule has 0 unspecified atom stereocenters. The summed E-state index contributed by atoms with van der Waals surface area (Å²) in [5.74, 6) is -0.134. The van der Waals surface area contributed by atoms with Crippen LogP contribution in [0.5, 0.6) is 0 Å². The van der Waals surface area contributed by atoms with E-state index in [1.807, 2.05) is 12.1 Å². The maximum atomic E-state index is 13.7. The number of nitrogens with one attached hydrogen (secondary N) is 1. The fourth-order valence-electron chi connectivity index (χ4n) is 2.82. The van der Waals surface area contributed by atoms with Gasteiger partial charge in [0.15, 0.2) is 0 Å². The van der Waals surface area contributed by atoms with Crippen LogP contribution in [0.15, 0.2) is 54.9 Å². The number of benzene rings is 1. The number of halogens is 1. The fraction of sp³-hybridized carbons (Fsp3) is 0.150. The number of nitrogens with zero attached hydrogens (tertiary/aromatic N) is 2. The molecule has 0 radical (unpaired) electrons. The Kier molecular flexibility index (Phi) is 4.08. The van der Waals surface area contributed by atoms with E-state index in [0.29, 0.717) is 16.9 Å². The number of amides is 1. The van der Waals surface area contributed by atoms with Crippen molar-refractivity contribution in [1.82, 2.24) is 9.97 Å². The highest BCUT2D eigenvalue weighted by molar-refractivity contribution is 5.98. The summed E-state index contributed by atoms with van der Waals surface area (Å²) in [6.07, 6.45) is 5.14. The number of anilines is 2. The highest BCUT2D eigenvalue weighted by Crippen LogP contribution is 2.36. The second-order valence-corrected chi connectivity index (χ2v) is 6.33. The van der Waals surface area contributed by atoms with Gasteiger partial charge in [-0.2, -0.15) is 0 Å². The van der Waals surface area contributed by atoms with Crippen LogP contribution in [0.4, 0.5) is 15.9 Å². The Morgan fingerprint density at radius 3 is 2.58 bits per heavy atom. The largest absolute Gasteiger partial charge is 0.382 e. The fourth-order valence-corrected chi connectivity index (χ4v) is 2.82. The van der Waals surface area contributed by atoms with E-state index in [0.717, 1.165) is 24.0 Å².